The molecule has 0 aliphatic rings. The van der Waals surface area contributed by atoms with Crippen molar-refractivity contribution in [2.45, 2.75) is 34.6 Å². The third-order valence-electron chi connectivity index (χ3n) is 3.15. The fourth-order valence-corrected chi connectivity index (χ4v) is 2.41. The number of hydrogen-bond donors (Lipinski definition) is 0. The van der Waals surface area contributed by atoms with Crippen molar-refractivity contribution in [3.05, 3.63) is 40.3 Å². The molecule has 20 heavy (non-hydrogen) atoms. The number of aryl methyl sites for hydroxylation is 4. The summed E-state index contributed by atoms with van der Waals surface area (Å²) in [7, 11) is 0. The molecule has 0 spiro atoms. The van der Waals surface area contributed by atoms with Gasteiger partial charge in [0, 0.05) is 5.56 Å². The minimum Gasteiger partial charge on any atom is -0.460 e. The number of aromatic nitrogens is 1. The molecule has 0 aliphatic heterocycles. The van der Waals surface area contributed by atoms with Gasteiger partial charge in [0.2, 0.25) is 11.7 Å². The molecule has 1 heterocycles. The summed E-state index contributed by atoms with van der Waals surface area (Å²) >= 11 is 0. The van der Waals surface area contributed by atoms with Crippen LogP contribution in [0.5, 0.6) is 0 Å². The zero-order valence-corrected chi connectivity index (χ0v) is 12.5. The molecule has 0 saturated carbocycles. The van der Waals surface area contributed by atoms with E-state index in [0.29, 0.717) is 18.2 Å². The third kappa shape index (κ3) is 2.59. The van der Waals surface area contributed by atoms with Crippen LogP contribution in [-0.2, 0) is 4.74 Å². The lowest BCUT2D eigenvalue weighted by atomic mass is 10.00. The number of rotatable bonds is 3. The average Bonchev–Trinajstić information content (AvgIpc) is 2.70. The highest BCUT2D eigenvalue weighted by molar-refractivity contribution is 5.88. The topological polar surface area (TPSA) is 52.3 Å². The lowest BCUT2D eigenvalue weighted by Gasteiger charge is -2.07. The van der Waals surface area contributed by atoms with Crippen LogP contribution >= 0.6 is 0 Å². The van der Waals surface area contributed by atoms with Crippen molar-refractivity contribution < 1.29 is 13.9 Å². The Morgan fingerprint density at radius 3 is 2.35 bits per heavy atom. The van der Waals surface area contributed by atoms with E-state index in [-0.39, 0.29) is 5.76 Å². The van der Waals surface area contributed by atoms with Crippen LogP contribution < -0.4 is 0 Å². The van der Waals surface area contributed by atoms with E-state index in [0.717, 1.165) is 16.7 Å². The molecule has 106 valence electrons. The van der Waals surface area contributed by atoms with Gasteiger partial charge in [-0.15, -0.1) is 0 Å². The Labute approximate surface area is 118 Å². The Morgan fingerprint density at radius 1 is 1.20 bits per heavy atom. The first kappa shape index (κ1) is 14.3. The van der Waals surface area contributed by atoms with E-state index in [1.54, 1.807) is 13.8 Å². The second-order valence-corrected chi connectivity index (χ2v) is 4.93. The number of ether oxygens (including phenoxy) is 1. The van der Waals surface area contributed by atoms with E-state index < -0.39 is 5.97 Å². The summed E-state index contributed by atoms with van der Waals surface area (Å²) in [6, 6.07) is 4.15. The van der Waals surface area contributed by atoms with Gasteiger partial charge in [-0.05, 0) is 45.7 Å². The Morgan fingerprint density at radius 2 is 1.80 bits per heavy atom. The molecule has 4 nitrogen and oxygen atoms in total. The van der Waals surface area contributed by atoms with Crippen molar-refractivity contribution in [1.29, 1.82) is 0 Å². The largest absolute Gasteiger partial charge is 0.460 e. The molecule has 4 heteroatoms. The smallest absolute Gasteiger partial charge is 0.376 e. The molecule has 2 aromatic rings. The zero-order valence-electron chi connectivity index (χ0n) is 12.5. The van der Waals surface area contributed by atoms with Gasteiger partial charge in [0.15, 0.2) is 0 Å². The molecule has 0 radical (unpaired) electrons. The summed E-state index contributed by atoms with van der Waals surface area (Å²) in [6.07, 6.45) is 0. The predicted molar refractivity (Wildman–Crippen MR) is 76.8 cm³/mol. The van der Waals surface area contributed by atoms with Crippen LogP contribution in [0.25, 0.3) is 11.5 Å². The minimum absolute atomic E-state index is 0.182. The Kier molecular flexibility index (Phi) is 3.93. The number of nitrogens with zero attached hydrogens (tertiary/aromatic N) is 1. The standard InChI is InChI=1S/C16H19NO3/c1-6-19-16(18)14-12(5)17-15(20-14)13-10(3)7-9(2)8-11(13)4/h7-8H,6H2,1-5H3. The van der Waals surface area contributed by atoms with E-state index in [1.807, 2.05) is 13.8 Å². The van der Waals surface area contributed by atoms with Gasteiger partial charge < -0.3 is 9.15 Å². The molecule has 1 aromatic heterocycles. The average molecular weight is 273 g/mol. The van der Waals surface area contributed by atoms with Crippen molar-refractivity contribution in [1.82, 2.24) is 4.98 Å². The highest BCUT2D eigenvalue weighted by atomic mass is 16.5. The Balaban J connectivity index is 2.50. The Hall–Kier alpha value is -2.10. The number of benzene rings is 1. The Bertz CT molecular complexity index is 633. The maximum Gasteiger partial charge on any atom is 0.376 e. The van der Waals surface area contributed by atoms with Gasteiger partial charge in [0.05, 0.1) is 12.3 Å². The van der Waals surface area contributed by atoms with E-state index in [1.165, 1.54) is 5.56 Å². The highest BCUT2D eigenvalue weighted by Crippen LogP contribution is 2.29. The van der Waals surface area contributed by atoms with Gasteiger partial charge in [0.25, 0.3) is 0 Å². The summed E-state index contributed by atoms with van der Waals surface area (Å²) in [6.45, 7) is 9.90. The van der Waals surface area contributed by atoms with Crippen molar-refractivity contribution in [2.24, 2.45) is 0 Å². The molecular weight excluding hydrogens is 254 g/mol. The SMILES string of the molecule is CCOC(=O)c1oc(-c2c(C)cc(C)cc2C)nc1C. The summed E-state index contributed by atoms with van der Waals surface area (Å²) in [5, 5.41) is 0. The van der Waals surface area contributed by atoms with E-state index in [2.05, 4.69) is 24.0 Å². The van der Waals surface area contributed by atoms with Gasteiger partial charge in [-0.3, -0.25) is 0 Å². The van der Waals surface area contributed by atoms with Gasteiger partial charge >= 0.3 is 5.97 Å². The van der Waals surface area contributed by atoms with Gasteiger partial charge in [-0.25, -0.2) is 9.78 Å². The molecule has 1 aromatic carbocycles. The van der Waals surface area contributed by atoms with Crippen LogP contribution in [0.15, 0.2) is 16.5 Å². The molecular formula is C16H19NO3. The number of carbonyl (C=O) groups excluding carboxylic acids is 1. The van der Waals surface area contributed by atoms with Crippen molar-refractivity contribution in [3.8, 4) is 11.5 Å². The van der Waals surface area contributed by atoms with E-state index in [4.69, 9.17) is 9.15 Å². The summed E-state index contributed by atoms with van der Waals surface area (Å²) in [5.74, 6) is 0.188. The second kappa shape index (κ2) is 5.49. The molecule has 0 aliphatic carbocycles. The fraction of sp³-hybridized carbons (Fsp3) is 0.375. The van der Waals surface area contributed by atoms with E-state index in [9.17, 15) is 4.79 Å². The molecule has 0 fully saturated rings. The fourth-order valence-electron chi connectivity index (χ4n) is 2.41. The molecule has 0 amide bonds. The van der Waals surface area contributed by atoms with Crippen LogP contribution in [0.3, 0.4) is 0 Å². The number of oxazole rings is 1. The minimum atomic E-state index is -0.467. The number of hydrogen-bond acceptors (Lipinski definition) is 4. The van der Waals surface area contributed by atoms with Crippen LogP contribution in [0, 0.1) is 27.7 Å². The summed E-state index contributed by atoms with van der Waals surface area (Å²) in [4.78, 5) is 16.1. The summed E-state index contributed by atoms with van der Waals surface area (Å²) < 4.78 is 10.6. The molecule has 0 saturated heterocycles. The zero-order chi connectivity index (χ0) is 14.9. The quantitative estimate of drug-likeness (QED) is 0.799. The number of carbonyl (C=O) groups is 1. The normalized spacial score (nSPS) is 10.7. The van der Waals surface area contributed by atoms with Crippen LogP contribution in [0.1, 0.15) is 39.9 Å². The maximum atomic E-state index is 11.8. The first-order valence-electron chi connectivity index (χ1n) is 6.66. The molecule has 0 unspecified atom stereocenters. The van der Waals surface area contributed by atoms with Crippen molar-refractivity contribution in [3.63, 3.8) is 0 Å². The molecule has 0 atom stereocenters. The van der Waals surface area contributed by atoms with Gasteiger partial charge in [-0.2, -0.15) is 0 Å². The van der Waals surface area contributed by atoms with Crippen LogP contribution in [-0.4, -0.2) is 17.6 Å². The maximum absolute atomic E-state index is 11.8. The lowest BCUT2D eigenvalue weighted by Crippen LogP contribution is -2.04. The van der Waals surface area contributed by atoms with Crippen LogP contribution in [0.2, 0.25) is 0 Å². The first-order chi connectivity index (χ1) is 9.43. The number of esters is 1. The highest BCUT2D eigenvalue weighted by Gasteiger charge is 2.21. The predicted octanol–water partition coefficient (Wildman–Crippen LogP) is 3.75. The second-order valence-electron chi connectivity index (χ2n) is 4.93. The molecule has 2 rings (SSSR count). The van der Waals surface area contributed by atoms with E-state index >= 15 is 0 Å². The van der Waals surface area contributed by atoms with Gasteiger partial charge in [0.1, 0.15) is 0 Å². The first-order valence-corrected chi connectivity index (χ1v) is 6.66. The summed E-state index contributed by atoms with van der Waals surface area (Å²) in [5.41, 5.74) is 4.85. The lowest BCUT2D eigenvalue weighted by molar-refractivity contribution is 0.0490. The monoisotopic (exact) mass is 273 g/mol. The van der Waals surface area contributed by atoms with Crippen molar-refractivity contribution >= 4 is 5.97 Å². The third-order valence-corrected chi connectivity index (χ3v) is 3.15. The molecule has 0 N–H and O–H groups in total. The van der Waals surface area contributed by atoms with Crippen molar-refractivity contribution in [2.75, 3.05) is 6.61 Å². The molecule has 0 bridgehead atoms. The van der Waals surface area contributed by atoms with Gasteiger partial charge in [-0.1, -0.05) is 17.7 Å². The van der Waals surface area contributed by atoms with Crippen LogP contribution in [0.4, 0.5) is 0 Å².